The topological polar surface area (TPSA) is 96.0 Å². The van der Waals surface area contributed by atoms with Crippen molar-refractivity contribution in [3.8, 4) is 5.75 Å². The van der Waals surface area contributed by atoms with E-state index >= 15 is 0 Å². The van der Waals surface area contributed by atoms with Crippen LogP contribution in [0.25, 0.3) is 0 Å². The first-order valence-electron chi connectivity index (χ1n) is 13.8. The van der Waals surface area contributed by atoms with Crippen molar-refractivity contribution in [1.82, 2.24) is 10.2 Å². The third-order valence-corrected chi connectivity index (χ3v) is 8.95. The van der Waals surface area contributed by atoms with Gasteiger partial charge in [-0.25, -0.2) is 8.42 Å². The van der Waals surface area contributed by atoms with E-state index in [1.807, 2.05) is 58.9 Å². The van der Waals surface area contributed by atoms with Crippen LogP contribution in [0.4, 0.5) is 5.69 Å². The highest BCUT2D eigenvalue weighted by atomic mass is 32.2. The summed E-state index contributed by atoms with van der Waals surface area (Å²) in [6.45, 7) is 10.7. The molecule has 2 atom stereocenters. The van der Waals surface area contributed by atoms with Crippen LogP contribution in [0.3, 0.4) is 0 Å². The highest BCUT2D eigenvalue weighted by Gasteiger charge is 2.33. The molecule has 0 saturated heterocycles. The summed E-state index contributed by atoms with van der Waals surface area (Å²) in [7, 11) is -2.57. The summed E-state index contributed by atoms with van der Waals surface area (Å²) in [4.78, 5) is 28.8. The Morgan fingerprint density at radius 2 is 1.59 bits per heavy atom. The Morgan fingerprint density at radius 1 is 0.927 bits per heavy atom. The molecule has 0 bridgehead atoms. The first-order chi connectivity index (χ1) is 19.4. The van der Waals surface area contributed by atoms with Crippen LogP contribution in [0.5, 0.6) is 5.75 Å². The number of methoxy groups -OCH3 is 1. The molecule has 9 heteroatoms. The Hall–Kier alpha value is -3.85. The molecule has 0 heterocycles. The van der Waals surface area contributed by atoms with Gasteiger partial charge in [0.15, 0.2) is 0 Å². The minimum absolute atomic E-state index is 0.0768. The van der Waals surface area contributed by atoms with E-state index in [1.165, 1.54) is 4.90 Å². The summed E-state index contributed by atoms with van der Waals surface area (Å²) in [5.74, 6) is -0.197. The predicted octanol–water partition coefficient (Wildman–Crippen LogP) is 5.15. The van der Waals surface area contributed by atoms with Crippen molar-refractivity contribution in [3.63, 3.8) is 0 Å². The average molecular weight is 580 g/mol. The summed E-state index contributed by atoms with van der Waals surface area (Å²) < 4.78 is 34.6. The number of hydrogen-bond donors (Lipinski definition) is 1. The highest BCUT2D eigenvalue weighted by Crippen LogP contribution is 2.29. The van der Waals surface area contributed by atoms with Gasteiger partial charge in [0.1, 0.15) is 18.3 Å². The Balaban J connectivity index is 2.08. The molecule has 3 rings (SSSR count). The lowest BCUT2D eigenvalue weighted by Crippen LogP contribution is -2.52. The maximum atomic E-state index is 14.1. The van der Waals surface area contributed by atoms with Crippen LogP contribution in [-0.2, 0) is 26.2 Å². The van der Waals surface area contributed by atoms with E-state index in [4.69, 9.17) is 4.74 Å². The maximum Gasteiger partial charge on any atom is 0.264 e. The zero-order chi connectivity index (χ0) is 30.3. The van der Waals surface area contributed by atoms with Crippen molar-refractivity contribution in [3.05, 3.63) is 89.0 Å². The van der Waals surface area contributed by atoms with Crippen molar-refractivity contribution in [2.75, 3.05) is 18.0 Å². The Bertz CT molecular complexity index is 1470. The van der Waals surface area contributed by atoms with Gasteiger partial charge in [0.05, 0.1) is 17.7 Å². The van der Waals surface area contributed by atoms with Crippen molar-refractivity contribution >= 4 is 27.5 Å². The second-order valence-corrected chi connectivity index (χ2v) is 12.3. The number of carbonyl (C=O) groups is 2. The molecule has 0 spiro atoms. The number of benzene rings is 3. The van der Waals surface area contributed by atoms with Gasteiger partial charge in [-0.1, -0.05) is 48.9 Å². The number of anilines is 1. The van der Waals surface area contributed by atoms with E-state index in [1.54, 1.807) is 56.5 Å². The van der Waals surface area contributed by atoms with Crippen molar-refractivity contribution in [2.45, 2.75) is 71.5 Å². The summed E-state index contributed by atoms with van der Waals surface area (Å²) >= 11 is 0. The van der Waals surface area contributed by atoms with Gasteiger partial charge in [-0.15, -0.1) is 0 Å². The van der Waals surface area contributed by atoms with E-state index in [0.717, 1.165) is 27.4 Å². The maximum absolute atomic E-state index is 14.1. The van der Waals surface area contributed by atoms with Crippen LogP contribution in [0.1, 0.15) is 49.4 Å². The fourth-order valence-corrected chi connectivity index (χ4v) is 5.83. The van der Waals surface area contributed by atoms with Gasteiger partial charge in [0.2, 0.25) is 11.8 Å². The zero-order valence-corrected chi connectivity index (χ0v) is 25.8. The van der Waals surface area contributed by atoms with Crippen molar-refractivity contribution in [2.24, 2.45) is 0 Å². The van der Waals surface area contributed by atoms with Gasteiger partial charge in [-0.05, 0) is 88.1 Å². The van der Waals surface area contributed by atoms with Gasteiger partial charge in [-0.2, -0.15) is 0 Å². The fourth-order valence-electron chi connectivity index (χ4n) is 4.35. The van der Waals surface area contributed by atoms with Gasteiger partial charge in [0, 0.05) is 12.6 Å². The first kappa shape index (κ1) is 31.7. The van der Waals surface area contributed by atoms with Crippen LogP contribution in [-0.4, -0.2) is 50.9 Å². The average Bonchev–Trinajstić information content (AvgIpc) is 2.95. The summed E-state index contributed by atoms with van der Waals surface area (Å²) in [6, 6.07) is 18.4. The number of aryl methyl sites for hydroxylation is 3. The molecule has 41 heavy (non-hydrogen) atoms. The molecule has 3 aromatic carbocycles. The minimum atomic E-state index is -4.13. The third kappa shape index (κ3) is 7.88. The molecule has 0 fully saturated rings. The van der Waals surface area contributed by atoms with E-state index in [9.17, 15) is 18.0 Å². The molecule has 0 radical (unpaired) electrons. The summed E-state index contributed by atoms with van der Waals surface area (Å²) in [6.07, 6.45) is 0.734. The Labute approximate surface area is 244 Å². The Kier molecular flexibility index (Phi) is 10.6. The smallest absolute Gasteiger partial charge is 0.264 e. The number of sulfonamides is 1. The van der Waals surface area contributed by atoms with Crippen LogP contribution in [0, 0.1) is 20.8 Å². The molecular formula is C32H41N3O5S. The molecule has 0 aromatic heterocycles. The summed E-state index contributed by atoms with van der Waals surface area (Å²) in [5.41, 5.74) is 3.65. The molecule has 0 aliphatic rings. The molecule has 1 N–H and O–H groups in total. The summed E-state index contributed by atoms with van der Waals surface area (Å²) in [5, 5.41) is 2.95. The number of carbonyl (C=O) groups excluding carboxylic acids is 2. The van der Waals surface area contributed by atoms with Crippen molar-refractivity contribution < 1.29 is 22.7 Å². The monoisotopic (exact) mass is 579 g/mol. The van der Waals surface area contributed by atoms with E-state index in [2.05, 4.69) is 5.32 Å². The fraction of sp³-hybridized carbons (Fsp3) is 0.375. The molecule has 0 saturated carbocycles. The Morgan fingerprint density at radius 3 is 2.22 bits per heavy atom. The lowest BCUT2D eigenvalue weighted by atomic mass is 10.1. The zero-order valence-electron chi connectivity index (χ0n) is 25.0. The van der Waals surface area contributed by atoms with Crippen LogP contribution in [0.15, 0.2) is 71.6 Å². The number of hydrogen-bond acceptors (Lipinski definition) is 5. The minimum Gasteiger partial charge on any atom is -0.497 e. The van der Waals surface area contributed by atoms with Gasteiger partial charge >= 0.3 is 0 Å². The van der Waals surface area contributed by atoms with Gasteiger partial charge in [0.25, 0.3) is 10.0 Å². The first-order valence-corrected chi connectivity index (χ1v) is 15.2. The quantitative estimate of drug-likeness (QED) is 0.320. The standard InChI is InChI=1S/C32H41N3O5S/c1-8-25(5)33-32(37)26(6)34(20-27-10-9-11-28(19-27)40-7)31(36)21-35(30-18-23(3)12-15-24(30)4)41(38,39)29-16-13-22(2)14-17-29/h9-19,25-26H,8,20-21H2,1-7H3,(H,33,37)/t25-,26+/m0/s1. The number of ether oxygens (including phenoxy) is 1. The van der Waals surface area contributed by atoms with E-state index in [0.29, 0.717) is 17.0 Å². The SMILES string of the molecule is CC[C@H](C)NC(=O)[C@@H](C)N(Cc1cccc(OC)c1)C(=O)CN(c1cc(C)ccc1C)S(=O)(=O)c1ccc(C)cc1. The second kappa shape index (κ2) is 13.7. The van der Waals surface area contributed by atoms with E-state index < -0.39 is 28.5 Å². The van der Waals surface area contributed by atoms with Gasteiger partial charge < -0.3 is 15.0 Å². The van der Waals surface area contributed by atoms with E-state index in [-0.39, 0.29) is 23.4 Å². The molecule has 220 valence electrons. The number of nitrogens with one attached hydrogen (secondary N) is 1. The number of nitrogens with zero attached hydrogens (tertiary/aromatic N) is 2. The second-order valence-electron chi connectivity index (χ2n) is 10.5. The molecule has 0 unspecified atom stereocenters. The molecule has 0 aliphatic carbocycles. The molecule has 3 aromatic rings. The molecular weight excluding hydrogens is 538 g/mol. The molecule has 2 amide bonds. The predicted molar refractivity (Wildman–Crippen MR) is 163 cm³/mol. The van der Waals surface area contributed by atoms with Gasteiger partial charge in [-0.3, -0.25) is 13.9 Å². The molecule has 0 aliphatic heterocycles. The lowest BCUT2D eigenvalue weighted by Gasteiger charge is -2.33. The van der Waals surface area contributed by atoms with Crippen LogP contribution >= 0.6 is 0 Å². The van der Waals surface area contributed by atoms with Crippen LogP contribution < -0.4 is 14.4 Å². The van der Waals surface area contributed by atoms with Crippen LogP contribution in [0.2, 0.25) is 0 Å². The number of amides is 2. The third-order valence-electron chi connectivity index (χ3n) is 7.18. The lowest BCUT2D eigenvalue weighted by molar-refractivity contribution is -0.139. The number of rotatable bonds is 12. The highest BCUT2D eigenvalue weighted by molar-refractivity contribution is 7.92. The normalized spacial score (nSPS) is 12.8. The van der Waals surface area contributed by atoms with Crippen molar-refractivity contribution in [1.29, 1.82) is 0 Å². The molecule has 8 nitrogen and oxygen atoms in total. The largest absolute Gasteiger partial charge is 0.497 e.